The summed E-state index contributed by atoms with van der Waals surface area (Å²) in [6.07, 6.45) is 2.72. The molecular weight excluding hydrogens is 272 g/mol. The normalized spacial score (nSPS) is 18.8. The Morgan fingerprint density at radius 2 is 2.15 bits per heavy atom. The lowest BCUT2D eigenvalue weighted by atomic mass is 9.73. The van der Waals surface area contributed by atoms with E-state index in [1.54, 1.807) is 6.20 Å². The van der Waals surface area contributed by atoms with Gasteiger partial charge in [-0.1, -0.05) is 35.9 Å². The molecule has 0 amide bonds. The highest BCUT2D eigenvalue weighted by Crippen LogP contribution is 2.44. The summed E-state index contributed by atoms with van der Waals surface area (Å²) in [7, 11) is 0. The van der Waals surface area contributed by atoms with Crippen molar-refractivity contribution in [2.45, 2.75) is 38.3 Å². The van der Waals surface area contributed by atoms with Gasteiger partial charge < -0.3 is 0 Å². The number of hydrogen-bond donors (Lipinski definition) is 2. The molecule has 1 aromatic heterocycles. The van der Waals surface area contributed by atoms with Gasteiger partial charge in [0.1, 0.15) is 0 Å². The van der Waals surface area contributed by atoms with Gasteiger partial charge in [-0.25, -0.2) is 0 Å². The average molecular weight is 291 g/mol. The summed E-state index contributed by atoms with van der Waals surface area (Å²) in [5.41, 5.74) is 6.66. The van der Waals surface area contributed by atoms with Gasteiger partial charge in [-0.15, -0.1) is 0 Å². The molecule has 3 rings (SSSR count). The van der Waals surface area contributed by atoms with Crippen molar-refractivity contribution in [2.24, 2.45) is 5.84 Å². The Kier molecular flexibility index (Phi) is 3.54. The highest BCUT2D eigenvalue weighted by molar-refractivity contribution is 6.31. The number of nitrogens with one attached hydrogen (secondary N) is 1. The van der Waals surface area contributed by atoms with Crippen LogP contribution in [0.15, 0.2) is 30.5 Å². The van der Waals surface area contributed by atoms with Crippen LogP contribution in [-0.4, -0.2) is 9.78 Å². The highest BCUT2D eigenvalue weighted by Gasteiger charge is 2.36. The van der Waals surface area contributed by atoms with Crippen molar-refractivity contribution in [3.05, 3.63) is 52.3 Å². The number of rotatable bonds is 4. The number of benzene rings is 1. The third kappa shape index (κ3) is 2.04. The molecule has 3 N–H and O–H groups in total. The second-order valence-corrected chi connectivity index (χ2v) is 5.98. The second-order valence-electron chi connectivity index (χ2n) is 5.57. The SMILES string of the molecule is CC(C)n1ncc(Cl)c1C(NN)C1Cc2ccccc21. The minimum absolute atomic E-state index is 0.0118. The molecule has 0 saturated carbocycles. The summed E-state index contributed by atoms with van der Waals surface area (Å²) >= 11 is 6.34. The molecule has 0 bridgehead atoms. The smallest absolute Gasteiger partial charge is 0.0835 e. The molecule has 1 aliphatic carbocycles. The molecule has 0 saturated heterocycles. The van der Waals surface area contributed by atoms with Crippen LogP contribution < -0.4 is 11.3 Å². The Hall–Kier alpha value is -1.36. The summed E-state index contributed by atoms with van der Waals surface area (Å²) in [6, 6.07) is 8.72. The highest BCUT2D eigenvalue weighted by atomic mass is 35.5. The molecule has 1 aromatic carbocycles. The Labute approximate surface area is 123 Å². The van der Waals surface area contributed by atoms with E-state index in [1.165, 1.54) is 11.1 Å². The van der Waals surface area contributed by atoms with Crippen molar-refractivity contribution in [1.29, 1.82) is 0 Å². The topological polar surface area (TPSA) is 55.9 Å². The van der Waals surface area contributed by atoms with Crippen molar-refractivity contribution >= 4 is 11.6 Å². The van der Waals surface area contributed by atoms with Crippen molar-refractivity contribution < 1.29 is 0 Å². The maximum absolute atomic E-state index is 6.34. The molecular formula is C15H19ClN4. The van der Waals surface area contributed by atoms with Gasteiger partial charge in [0.15, 0.2) is 0 Å². The lowest BCUT2D eigenvalue weighted by Gasteiger charge is -2.36. The monoisotopic (exact) mass is 290 g/mol. The molecule has 0 fully saturated rings. The third-order valence-electron chi connectivity index (χ3n) is 4.05. The molecule has 5 heteroatoms. The van der Waals surface area contributed by atoms with Crippen molar-refractivity contribution in [3.8, 4) is 0 Å². The summed E-state index contributed by atoms with van der Waals surface area (Å²) in [6.45, 7) is 4.18. The third-order valence-corrected chi connectivity index (χ3v) is 4.34. The van der Waals surface area contributed by atoms with Crippen LogP contribution in [0.25, 0.3) is 0 Å². The average Bonchev–Trinajstić information content (AvgIpc) is 2.78. The number of hydrazine groups is 1. The van der Waals surface area contributed by atoms with Gasteiger partial charge in [-0.05, 0) is 31.4 Å². The Balaban J connectivity index is 1.99. The first-order valence-corrected chi connectivity index (χ1v) is 7.28. The van der Waals surface area contributed by atoms with E-state index in [0.29, 0.717) is 10.9 Å². The second kappa shape index (κ2) is 5.20. The van der Waals surface area contributed by atoms with Crippen LogP contribution in [0.2, 0.25) is 5.02 Å². The number of fused-ring (bicyclic) bond motifs is 1. The van der Waals surface area contributed by atoms with Gasteiger partial charge >= 0.3 is 0 Å². The molecule has 2 unspecified atom stereocenters. The molecule has 106 valence electrons. The summed E-state index contributed by atoms with van der Waals surface area (Å²) < 4.78 is 1.95. The van der Waals surface area contributed by atoms with Gasteiger partial charge in [0.2, 0.25) is 0 Å². The summed E-state index contributed by atoms with van der Waals surface area (Å²) in [5.74, 6) is 6.17. The van der Waals surface area contributed by atoms with E-state index in [4.69, 9.17) is 17.4 Å². The lowest BCUT2D eigenvalue weighted by Crippen LogP contribution is -2.38. The predicted molar refractivity (Wildman–Crippen MR) is 80.6 cm³/mol. The standard InChI is InChI=1S/C15H19ClN4/c1-9(2)20-15(13(16)8-18-20)14(19-17)12-7-10-5-3-4-6-11(10)12/h3-6,8-9,12,14,19H,7,17H2,1-2H3. The van der Waals surface area contributed by atoms with Crippen LogP contribution in [0.1, 0.15) is 48.7 Å². The fourth-order valence-electron chi connectivity index (χ4n) is 3.03. The van der Waals surface area contributed by atoms with Gasteiger partial charge in [-0.2, -0.15) is 5.10 Å². The minimum Gasteiger partial charge on any atom is -0.271 e. The molecule has 4 nitrogen and oxygen atoms in total. The molecule has 2 aromatic rings. The molecule has 0 spiro atoms. The first-order chi connectivity index (χ1) is 9.63. The fourth-order valence-corrected chi connectivity index (χ4v) is 3.28. The van der Waals surface area contributed by atoms with Gasteiger partial charge in [0.05, 0.1) is 23.0 Å². The first kappa shape index (κ1) is 13.6. The van der Waals surface area contributed by atoms with E-state index in [9.17, 15) is 0 Å². The quantitative estimate of drug-likeness (QED) is 0.672. The number of nitrogens with two attached hydrogens (primary N) is 1. The summed E-state index contributed by atoms with van der Waals surface area (Å²) in [4.78, 5) is 0. The van der Waals surface area contributed by atoms with E-state index < -0.39 is 0 Å². The largest absolute Gasteiger partial charge is 0.271 e. The van der Waals surface area contributed by atoms with Crippen molar-refractivity contribution in [2.75, 3.05) is 0 Å². The van der Waals surface area contributed by atoms with Gasteiger partial charge in [-0.3, -0.25) is 16.0 Å². The van der Waals surface area contributed by atoms with Crippen molar-refractivity contribution in [1.82, 2.24) is 15.2 Å². The van der Waals surface area contributed by atoms with Gasteiger partial charge in [0.25, 0.3) is 0 Å². The number of hydrogen-bond acceptors (Lipinski definition) is 3. The molecule has 1 heterocycles. The fraction of sp³-hybridized carbons (Fsp3) is 0.400. The molecule has 2 atom stereocenters. The van der Waals surface area contributed by atoms with Crippen LogP contribution >= 0.6 is 11.6 Å². The number of halogens is 1. The van der Waals surface area contributed by atoms with Crippen LogP contribution in [0.3, 0.4) is 0 Å². The zero-order valence-electron chi connectivity index (χ0n) is 11.7. The maximum Gasteiger partial charge on any atom is 0.0835 e. The molecule has 0 aliphatic heterocycles. The zero-order valence-corrected chi connectivity index (χ0v) is 12.4. The van der Waals surface area contributed by atoms with Crippen molar-refractivity contribution in [3.63, 3.8) is 0 Å². The van der Waals surface area contributed by atoms with Crippen LogP contribution in [0, 0.1) is 0 Å². The number of aromatic nitrogens is 2. The number of nitrogens with zero attached hydrogens (tertiary/aromatic N) is 2. The summed E-state index contributed by atoms with van der Waals surface area (Å²) in [5, 5.41) is 5.04. The Bertz CT molecular complexity index is 620. The first-order valence-electron chi connectivity index (χ1n) is 6.90. The van der Waals surface area contributed by atoms with Gasteiger partial charge in [0, 0.05) is 12.0 Å². The van der Waals surface area contributed by atoms with Crippen LogP contribution in [0.4, 0.5) is 0 Å². The predicted octanol–water partition coefficient (Wildman–Crippen LogP) is 2.96. The van der Waals surface area contributed by atoms with E-state index >= 15 is 0 Å². The van der Waals surface area contributed by atoms with E-state index in [2.05, 4.69) is 48.6 Å². The molecule has 0 radical (unpaired) electrons. The van der Waals surface area contributed by atoms with Crippen LogP contribution in [-0.2, 0) is 6.42 Å². The zero-order chi connectivity index (χ0) is 14.3. The lowest BCUT2D eigenvalue weighted by molar-refractivity contribution is 0.377. The Morgan fingerprint density at radius 1 is 1.40 bits per heavy atom. The Morgan fingerprint density at radius 3 is 2.80 bits per heavy atom. The molecule has 20 heavy (non-hydrogen) atoms. The maximum atomic E-state index is 6.34. The van der Waals surface area contributed by atoms with Crippen LogP contribution in [0.5, 0.6) is 0 Å². The van der Waals surface area contributed by atoms with E-state index in [1.807, 2.05) is 4.68 Å². The van der Waals surface area contributed by atoms with E-state index in [0.717, 1.165) is 12.1 Å². The minimum atomic E-state index is -0.0118. The van der Waals surface area contributed by atoms with E-state index in [-0.39, 0.29) is 12.1 Å². The molecule has 1 aliphatic rings.